The van der Waals surface area contributed by atoms with Gasteiger partial charge in [-0.05, 0) is 63.4 Å². The highest BCUT2D eigenvalue weighted by molar-refractivity contribution is 9.11. The van der Waals surface area contributed by atoms with E-state index in [1.165, 1.54) is 31.4 Å². The summed E-state index contributed by atoms with van der Waals surface area (Å²) in [5.74, 6) is 0. The molecule has 1 aliphatic rings. The first kappa shape index (κ1) is 16.3. The highest BCUT2D eigenvalue weighted by Gasteiger charge is 2.24. The van der Waals surface area contributed by atoms with Crippen LogP contribution in [0.2, 0.25) is 0 Å². The van der Waals surface area contributed by atoms with Crippen molar-refractivity contribution in [2.75, 3.05) is 26.2 Å². The van der Waals surface area contributed by atoms with Gasteiger partial charge in [-0.15, -0.1) is 11.3 Å². The fourth-order valence-electron chi connectivity index (χ4n) is 3.53. The summed E-state index contributed by atoms with van der Waals surface area (Å²) in [4.78, 5) is 4.04. The predicted octanol–water partition coefficient (Wildman–Crippen LogP) is 5.05. The first-order valence-electron chi connectivity index (χ1n) is 8.50. The molecule has 0 radical (unpaired) electrons. The number of benzene rings is 2. The van der Waals surface area contributed by atoms with Gasteiger partial charge in [-0.3, -0.25) is 4.90 Å². The van der Waals surface area contributed by atoms with Crippen molar-refractivity contribution in [3.05, 3.63) is 68.8 Å². The topological polar surface area (TPSA) is 15.3 Å². The molecule has 1 aromatic heterocycles. The molecule has 2 aromatic carbocycles. The van der Waals surface area contributed by atoms with Gasteiger partial charge in [0, 0.05) is 24.5 Å². The lowest BCUT2D eigenvalue weighted by Crippen LogP contribution is -2.32. The molecule has 2 heterocycles. The van der Waals surface area contributed by atoms with E-state index in [9.17, 15) is 0 Å². The molecule has 0 amide bonds. The van der Waals surface area contributed by atoms with Gasteiger partial charge >= 0.3 is 0 Å². The molecule has 4 heteroatoms. The lowest BCUT2D eigenvalue weighted by atomic mass is 9.99. The zero-order valence-corrected chi connectivity index (χ0v) is 15.9. The van der Waals surface area contributed by atoms with E-state index in [0.717, 1.165) is 26.2 Å². The van der Waals surface area contributed by atoms with Crippen molar-refractivity contribution in [1.29, 1.82) is 0 Å². The second kappa shape index (κ2) is 7.36. The van der Waals surface area contributed by atoms with E-state index in [0.29, 0.717) is 6.04 Å². The zero-order valence-electron chi connectivity index (χ0n) is 13.5. The maximum atomic E-state index is 3.64. The van der Waals surface area contributed by atoms with Gasteiger partial charge in [0.25, 0.3) is 0 Å². The summed E-state index contributed by atoms with van der Waals surface area (Å²) in [6.07, 6.45) is 1.20. The molecule has 0 aliphatic carbocycles. The number of halogens is 1. The number of hydrogen-bond donors (Lipinski definition) is 1. The second-order valence-electron chi connectivity index (χ2n) is 6.29. The number of thiophene rings is 1. The molecule has 4 rings (SSSR count). The monoisotopic (exact) mass is 400 g/mol. The lowest BCUT2D eigenvalue weighted by molar-refractivity contribution is 0.244. The van der Waals surface area contributed by atoms with E-state index < -0.39 is 0 Å². The van der Waals surface area contributed by atoms with Crippen LogP contribution in [0.4, 0.5) is 0 Å². The highest BCUT2D eigenvalue weighted by atomic mass is 79.9. The van der Waals surface area contributed by atoms with Crippen molar-refractivity contribution in [2.24, 2.45) is 0 Å². The number of nitrogens with zero attached hydrogens (tertiary/aromatic N) is 1. The van der Waals surface area contributed by atoms with Gasteiger partial charge in [-0.25, -0.2) is 0 Å². The smallest absolute Gasteiger partial charge is 0.0702 e. The number of rotatable bonds is 3. The van der Waals surface area contributed by atoms with Crippen LogP contribution in [0.1, 0.15) is 22.9 Å². The molecule has 2 nitrogen and oxygen atoms in total. The van der Waals surface area contributed by atoms with Crippen molar-refractivity contribution in [1.82, 2.24) is 10.2 Å². The molecule has 1 aliphatic heterocycles. The summed E-state index contributed by atoms with van der Waals surface area (Å²) < 4.78 is 1.20. The van der Waals surface area contributed by atoms with Crippen LogP contribution in [-0.4, -0.2) is 31.1 Å². The molecule has 1 N–H and O–H groups in total. The van der Waals surface area contributed by atoms with Crippen molar-refractivity contribution >= 4 is 38.0 Å². The molecule has 124 valence electrons. The second-order valence-corrected chi connectivity index (χ2v) is 8.79. The van der Waals surface area contributed by atoms with Gasteiger partial charge in [-0.2, -0.15) is 0 Å². The summed E-state index contributed by atoms with van der Waals surface area (Å²) in [7, 11) is 0. The fraction of sp³-hybridized carbons (Fsp3) is 0.300. The summed E-state index contributed by atoms with van der Waals surface area (Å²) in [5.41, 5.74) is 1.39. The van der Waals surface area contributed by atoms with Crippen molar-refractivity contribution < 1.29 is 0 Å². The van der Waals surface area contributed by atoms with E-state index in [1.807, 2.05) is 11.3 Å². The van der Waals surface area contributed by atoms with Crippen LogP contribution in [-0.2, 0) is 0 Å². The van der Waals surface area contributed by atoms with E-state index in [2.05, 4.69) is 80.7 Å². The minimum atomic E-state index is 0.339. The minimum absolute atomic E-state index is 0.339. The first-order valence-corrected chi connectivity index (χ1v) is 10.1. The molecule has 1 unspecified atom stereocenters. The molecule has 0 bridgehead atoms. The maximum Gasteiger partial charge on any atom is 0.0702 e. The molecule has 0 spiro atoms. The van der Waals surface area contributed by atoms with Gasteiger partial charge in [0.2, 0.25) is 0 Å². The van der Waals surface area contributed by atoms with Gasteiger partial charge in [0.05, 0.1) is 9.83 Å². The molecule has 1 atom stereocenters. The Labute approximate surface area is 155 Å². The molecule has 1 fully saturated rings. The van der Waals surface area contributed by atoms with E-state index in [4.69, 9.17) is 0 Å². The highest BCUT2D eigenvalue weighted by Crippen LogP contribution is 2.36. The molecule has 24 heavy (non-hydrogen) atoms. The Hall–Kier alpha value is -1.20. The quantitative estimate of drug-likeness (QED) is 0.661. The Morgan fingerprint density at radius 1 is 0.958 bits per heavy atom. The third-order valence-corrected chi connectivity index (χ3v) is 6.37. The third-order valence-electron chi connectivity index (χ3n) is 4.69. The van der Waals surface area contributed by atoms with Gasteiger partial charge in [-0.1, -0.05) is 36.4 Å². The normalized spacial score (nSPS) is 17.7. The van der Waals surface area contributed by atoms with Gasteiger partial charge < -0.3 is 5.32 Å². The van der Waals surface area contributed by atoms with E-state index in [1.54, 1.807) is 0 Å². The Morgan fingerprint density at radius 2 is 1.83 bits per heavy atom. The number of fused-ring (bicyclic) bond motifs is 1. The summed E-state index contributed by atoms with van der Waals surface area (Å²) in [6.45, 7) is 4.42. The largest absolute Gasteiger partial charge is 0.315 e. The summed E-state index contributed by atoms with van der Waals surface area (Å²) >= 11 is 5.49. The van der Waals surface area contributed by atoms with E-state index >= 15 is 0 Å². The van der Waals surface area contributed by atoms with Crippen LogP contribution in [0.3, 0.4) is 0 Å². The van der Waals surface area contributed by atoms with Crippen LogP contribution in [0.15, 0.2) is 58.4 Å². The summed E-state index contributed by atoms with van der Waals surface area (Å²) in [6, 6.07) is 20.3. The van der Waals surface area contributed by atoms with Crippen LogP contribution in [0, 0.1) is 0 Å². The minimum Gasteiger partial charge on any atom is -0.315 e. The SMILES string of the molecule is Brc1ccc(C(c2ccc3ccccc3c2)N2CCCNCC2)s1. The Kier molecular flexibility index (Phi) is 4.99. The van der Waals surface area contributed by atoms with Crippen molar-refractivity contribution in [3.8, 4) is 0 Å². The van der Waals surface area contributed by atoms with Crippen molar-refractivity contribution in [2.45, 2.75) is 12.5 Å². The predicted molar refractivity (Wildman–Crippen MR) is 107 cm³/mol. The fourth-order valence-corrected chi connectivity index (χ4v) is 5.12. The average molecular weight is 401 g/mol. The zero-order chi connectivity index (χ0) is 16.4. The van der Waals surface area contributed by atoms with Gasteiger partial charge in [0.1, 0.15) is 0 Å². The lowest BCUT2D eigenvalue weighted by Gasteiger charge is -2.30. The maximum absolute atomic E-state index is 3.64. The average Bonchev–Trinajstić information content (AvgIpc) is 2.86. The Morgan fingerprint density at radius 3 is 2.67 bits per heavy atom. The third kappa shape index (κ3) is 3.42. The van der Waals surface area contributed by atoms with Crippen LogP contribution in [0.25, 0.3) is 10.8 Å². The van der Waals surface area contributed by atoms with Crippen LogP contribution < -0.4 is 5.32 Å². The first-order chi connectivity index (χ1) is 11.8. The van der Waals surface area contributed by atoms with Crippen molar-refractivity contribution in [3.63, 3.8) is 0 Å². The molecule has 3 aromatic rings. The van der Waals surface area contributed by atoms with Crippen LogP contribution in [0.5, 0.6) is 0 Å². The Bertz CT molecular complexity index is 821. The molecule has 1 saturated heterocycles. The van der Waals surface area contributed by atoms with E-state index in [-0.39, 0.29) is 0 Å². The standard InChI is InChI=1S/C20H21BrN2S/c21-19-9-8-18(24-19)20(23-12-3-10-22-11-13-23)17-7-6-15-4-1-2-5-16(15)14-17/h1-2,4-9,14,20,22H,3,10-13H2. The number of nitrogens with one attached hydrogen (secondary N) is 1. The molecular formula is C20H21BrN2S. The molecule has 0 saturated carbocycles. The molecular weight excluding hydrogens is 380 g/mol. The van der Waals surface area contributed by atoms with Crippen LogP contribution >= 0.6 is 27.3 Å². The number of hydrogen-bond acceptors (Lipinski definition) is 3. The summed E-state index contributed by atoms with van der Waals surface area (Å²) in [5, 5.41) is 6.16. The Balaban J connectivity index is 1.77. The van der Waals surface area contributed by atoms with Gasteiger partial charge in [0.15, 0.2) is 0 Å².